The van der Waals surface area contributed by atoms with Crippen LogP contribution in [0.2, 0.25) is 0 Å². The van der Waals surface area contributed by atoms with Crippen LogP contribution in [0.15, 0.2) is 0 Å². The molecule has 0 aromatic carbocycles. The maximum atomic E-state index is 11.2. The molecule has 23 heavy (non-hydrogen) atoms. The maximum absolute atomic E-state index is 11.2. The fourth-order valence-corrected chi connectivity index (χ4v) is 1.45. The first-order chi connectivity index (χ1) is 9.54. The zero-order chi connectivity index (χ0) is 16.8. The van der Waals surface area contributed by atoms with Gasteiger partial charge in [-0.1, -0.05) is 0 Å². The number of nitrogens with zero attached hydrogens (tertiary/aromatic N) is 2. The van der Waals surface area contributed by atoms with E-state index in [2.05, 4.69) is 0 Å². The summed E-state index contributed by atoms with van der Waals surface area (Å²) in [4.78, 5) is 41.9. The highest BCUT2D eigenvalue weighted by atomic mass is 35.5. The summed E-state index contributed by atoms with van der Waals surface area (Å²) in [6.07, 6.45) is -3.00. The van der Waals surface area contributed by atoms with Crippen LogP contribution < -0.4 is 11.5 Å². The molecular formula is C9H16Cl2N6O6. The van der Waals surface area contributed by atoms with E-state index in [4.69, 9.17) is 22.3 Å². The van der Waals surface area contributed by atoms with Gasteiger partial charge in [0.2, 0.25) is 0 Å². The number of hydrogen-bond donors (Lipinski definition) is 4. The van der Waals surface area contributed by atoms with Crippen LogP contribution in [0.25, 0.3) is 0 Å². The Balaban J connectivity index is -0.00000200. The third kappa shape index (κ3) is 6.97. The lowest BCUT2D eigenvalue weighted by Gasteiger charge is -2.16. The molecule has 0 saturated carbocycles. The normalized spacial score (nSPS) is 9.74. The van der Waals surface area contributed by atoms with Crippen molar-refractivity contribution in [3.05, 3.63) is 20.2 Å². The van der Waals surface area contributed by atoms with Crippen molar-refractivity contribution < 1.29 is 19.4 Å². The molecule has 0 spiro atoms. The van der Waals surface area contributed by atoms with E-state index in [0.717, 1.165) is 0 Å². The van der Waals surface area contributed by atoms with Gasteiger partial charge in [-0.05, 0) is 0 Å². The number of ketones is 2. The van der Waals surface area contributed by atoms with Gasteiger partial charge in [-0.2, -0.15) is 0 Å². The third-order valence-corrected chi connectivity index (χ3v) is 2.79. The van der Waals surface area contributed by atoms with Crippen LogP contribution in [-0.2, 0) is 9.59 Å². The van der Waals surface area contributed by atoms with E-state index >= 15 is 0 Å². The smallest absolute Gasteiger partial charge is 0.381 e. The monoisotopic (exact) mass is 374 g/mol. The Bertz CT molecular complexity index is 479. The lowest BCUT2D eigenvalue weighted by atomic mass is 9.96. The molecule has 0 bridgehead atoms. The lowest BCUT2D eigenvalue weighted by Crippen LogP contribution is -2.47. The van der Waals surface area contributed by atoms with Gasteiger partial charge < -0.3 is 11.5 Å². The Kier molecular flexibility index (Phi) is 11.6. The molecule has 0 atom stereocenters. The Morgan fingerprint density at radius 1 is 0.870 bits per heavy atom. The summed E-state index contributed by atoms with van der Waals surface area (Å²) in [5, 5.41) is 35.7. The van der Waals surface area contributed by atoms with Crippen molar-refractivity contribution in [2.24, 2.45) is 11.5 Å². The predicted molar refractivity (Wildman–Crippen MR) is 83.5 cm³/mol. The molecular weight excluding hydrogens is 359 g/mol. The standard InChI is InChI=1S/C9H14N6O6.2ClH/c10-7(11)5(16)1-3-9(14(18)19,15(20)21)4-2-6(17)8(12)13;;/h1-4H2,(H3,10,11)(H3,12,13);2*1H. The second-order valence-corrected chi connectivity index (χ2v) is 4.17. The van der Waals surface area contributed by atoms with Crippen LogP contribution in [0.1, 0.15) is 25.7 Å². The van der Waals surface area contributed by atoms with Crippen molar-refractivity contribution in [1.29, 1.82) is 10.8 Å². The predicted octanol–water partition coefficient (Wildman–Crippen LogP) is -0.350. The second-order valence-electron chi connectivity index (χ2n) is 4.17. The summed E-state index contributed by atoms with van der Waals surface area (Å²) in [6.45, 7) is 0. The summed E-state index contributed by atoms with van der Waals surface area (Å²) in [5.41, 5.74) is 6.98. The maximum Gasteiger partial charge on any atom is 0.459 e. The highest BCUT2D eigenvalue weighted by Gasteiger charge is 2.55. The number of Topliss-reactive ketones (excluding diaryl/α,β-unsaturated/α-hetero) is 2. The molecule has 0 unspecified atom stereocenters. The molecule has 0 aromatic rings. The van der Waals surface area contributed by atoms with E-state index in [1.165, 1.54) is 0 Å². The van der Waals surface area contributed by atoms with Gasteiger partial charge in [-0.15, -0.1) is 24.8 Å². The molecule has 132 valence electrons. The molecule has 14 heteroatoms. The molecule has 0 fully saturated rings. The average molecular weight is 375 g/mol. The van der Waals surface area contributed by atoms with E-state index in [1.54, 1.807) is 0 Å². The number of rotatable bonds is 10. The number of carbonyl (C=O) groups excluding carboxylic acids is 2. The van der Waals surface area contributed by atoms with Crippen molar-refractivity contribution in [3.8, 4) is 0 Å². The summed E-state index contributed by atoms with van der Waals surface area (Å²) in [7, 11) is 0. The molecule has 0 aliphatic carbocycles. The first-order valence-corrected chi connectivity index (χ1v) is 5.58. The van der Waals surface area contributed by atoms with Crippen LogP contribution in [0.3, 0.4) is 0 Å². The molecule has 6 N–H and O–H groups in total. The Hall–Kier alpha value is -2.34. The average Bonchev–Trinajstić information content (AvgIpc) is 2.36. The van der Waals surface area contributed by atoms with Crippen molar-refractivity contribution >= 4 is 48.1 Å². The fraction of sp³-hybridized carbons (Fsp3) is 0.556. The van der Waals surface area contributed by atoms with E-state index in [-0.39, 0.29) is 24.8 Å². The number of hydrogen-bond acceptors (Lipinski definition) is 8. The van der Waals surface area contributed by atoms with Gasteiger partial charge in [-0.3, -0.25) is 40.6 Å². The summed E-state index contributed by atoms with van der Waals surface area (Å²) in [5.74, 6) is -3.67. The SMILES string of the molecule is Cl.Cl.N=C(N)C(=O)CCC(CCC(=O)C(=N)N)([N+](=O)[O-])[N+](=O)[O-]. The van der Waals surface area contributed by atoms with E-state index in [9.17, 15) is 29.8 Å². The molecule has 0 amide bonds. The highest BCUT2D eigenvalue weighted by molar-refractivity contribution is 6.37. The number of nitrogens with two attached hydrogens (primary N) is 2. The quantitative estimate of drug-likeness (QED) is 0.130. The molecule has 0 radical (unpaired) electrons. The number of nitrogens with one attached hydrogen (secondary N) is 2. The largest absolute Gasteiger partial charge is 0.459 e. The minimum absolute atomic E-state index is 0. The van der Waals surface area contributed by atoms with Gasteiger partial charge in [0, 0.05) is 12.8 Å². The topological polar surface area (TPSA) is 220 Å². The Morgan fingerprint density at radius 2 is 1.13 bits per heavy atom. The number of amidine groups is 2. The first-order valence-electron chi connectivity index (χ1n) is 5.58. The van der Waals surface area contributed by atoms with Crippen LogP contribution in [0, 0.1) is 31.0 Å². The Labute approximate surface area is 142 Å². The summed E-state index contributed by atoms with van der Waals surface area (Å²) in [6, 6.07) is 0. The van der Waals surface area contributed by atoms with Crippen LogP contribution in [0.5, 0.6) is 0 Å². The van der Waals surface area contributed by atoms with Gasteiger partial charge in [-0.25, -0.2) is 0 Å². The highest BCUT2D eigenvalue weighted by Crippen LogP contribution is 2.25. The third-order valence-electron chi connectivity index (χ3n) is 2.79. The molecule has 0 heterocycles. The molecule has 0 aliphatic heterocycles. The molecule has 12 nitrogen and oxygen atoms in total. The van der Waals surface area contributed by atoms with E-state index < -0.39 is 64.4 Å². The lowest BCUT2D eigenvalue weighted by molar-refractivity contribution is -0.798. The second kappa shape index (κ2) is 10.4. The van der Waals surface area contributed by atoms with Gasteiger partial charge in [0.1, 0.15) is 0 Å². The molecule has 0 rings (SSSR count). The zero-order valence-corrected chi connectivity index (χ0v) is 13.3. The summed E-state index contributed by atoms with van der Waals surface area (Å²) < 4.78 is 0. The minimum Gasteiger partial charge on any atom is -0.381 e. The first kappa shape index (κ1) is 25.6. The van der Waals surface area contributed by atoms with Gasteiger partial charge in [0.15, 0.2) is 23.2 Å². The van der Waals surface area contributed by atoms with Crippen molar-refractivity contribution in [2.45, 2.75) is 31.3 Å². The van der Waals surface area contributed by atoms with Gasteiger partial charge >= 0.3 is 5.66 Å². The van der Waals surface area contributed by atoms with E-state index in [0.29, 0.717) is 0 Å². The van der Waals surface area contributed by atoms with Crippen LogP contribution in [-0.4, -0.2) is 38.7 Å². The molecule has 0 saturated heterocycles. The Morgan fingerprint density at radius 3 is 1.30 bits per heavy atom. The van der Waals surface area contributed by atoms with Gasteiger partial charge in [0.05, 0.1) is 22.7 Å². The molecule has 0 aromatic heterocycles. The minimum atomic E-state index is -2.77. The van der Waals surface area contributed by atoms with Crippen molar-refractivity contribution in [3.63, 3.8) is 0 Å². The number of halogens is 2. The zero-order valence-electron chi connectivity index (χ0n) is 11.6. The summed E-state index contributed by atoms with van der Waals surface area (Å²) >= 11 is 0. The fourth-order valence-electron chi connectivity index (χ4n) is 1.45. The van der Waals surface area contributed by atoms with Gasteiger partial charge in [0.25, 0.3) is 0 Å². The molecule has 0 aliphatic rings. The van der Waals surface area contributed by atoms with E-state index in [1.807, 2.05) is 0 Å². The number of carbonyl (C=O) groups is 2. The number of nitro groups is 2. The van der Waals surface area contributed by atoms with Crippen LogP contribution in [0.4, 0.5) is 0 Å². The van der Waals surface area contributed by atoms with Crippen LogP contribution >= 0.6 is 24.8 Å². The van der Waals surface area contributed by atoms with Crippen molar-refractivity contribution in [1.82, 2.24) is 0 Å². The van der Waals surface area contributed by atoms with Crippen molar-refractivity contribution in [2.75, 3.05) is 0 Å².